The first kappa shape index (κ1) is 7.94. The molecule has 1 aliphatic rings. The fourth-order valence-electron chi connectivity index (χ4n) is 1.02. The molecule has 1 saturated heterocycles. The summed E-state index contributed by atoms with van der Waals surface area (Å²) in [6.45, 7) is 0.0240. The number of aliphatic hydroxyl groups excluding tert-OH is 3. The Kier molecular flexibility index (Phi) is 2.62. The molecule has 1 rings (SSSR count). The van der Waals surface area contributed by atoms with Crippen molar-refractivity contribution in [2.45, 2.75) is 24.7 Å². The van der Waals surface area contributed by atoms with Crippen LogP contribution in [-0.4, -0.2) is 46.8 Å². The van der Waals surface area contributed by atoms with Crippen LogP contribution in [0.4, 0.5) is 0 Å². The van der Waals surface area contributed by atoms with Gasteiger partial charge < -0.3 is 20.1 Å². The molecule has 0 aromatic heterocycles. The number of hydrogen-bond acceptors (Lipinski definition) is 4. The van der Waals surface area contributed by atoms with E-state index in [1.54, 1.807) is 0 Å². The van der Waals surface area contributed by atoms with Crippen molar-refractivity contribution in [3.63, 3.8) is 0 Å². The van der Waals surface area contributed by atoms with E-state index >= 15 is 0 Å². The van der Waals surface area contributed by atoms with Crippen LogP contribution in [-0.2, 0) is 4.74 Å². The fourth-order valence-corrected chi connectivity index (χ4v) is 1.02. The van der Waals surface area contributed by atoms with E-state index in [1.165, 1.54) is 0 Å². The smallest absolute Gasteiger partial charge is 0.107 e. The molecule has 10 heavy (non-hydrogen) atoms. The van der Waals surface area contributed by atoms with Crippen LogP contribution in [0.5, 0.6) is 0 Å². The minimum atomic E-state index is -0.728. The van der Waals surface area contributed by atoms with Gasteiger partial charge in [0.1, 0.15) is 6.10 Å². The van der Waals surface area contributed by atoms with Gasteiger partial charge in [-0.1, -0.05) is 0 Å². The summed E-state index contributed by atoms with van der Waals surface area (Å²) in [5, 5.41) is 26.6. The standard InChI is InChI=1S/C6H12O4/c7-2-6-5(9)1-4(8)3-10-6/h4-9H,1-3H2/t4?,5-,6+/m0/s1. The van der Waals surface area contributed by atoms with Crippen LogP contribution in [0, 0.1) is 0 Å². The summed E-state index contributed by atoms with van der Waals surface area (Å²) in [5.41, 5.74) is 0. The molecular formula is C6H12O4. The molecule has 0 spiro atoms. The molecule has 0 saturated carbocycles. The van der Waals surface area contributed by atoms with Crippen LogP contribution < -0.4 is 0 Å². The number of aliphatic hydroxyl groups is 3. The van der Waals surface area contributed by atoms with Gasteiger partial charge in [0.15, 0.2) is 0 Å². The summed E-state index contributed by atoms with van der Waals surface area (Å²) >= 11 is 0. The van der Waals surface area contributed by atoms with Gasteiger partial charge in [-0.15, -0.1) is 0 Å². The number of hydrogen-bond donors (Lipinski definition) is 3. The molecule has 3 N–H and O–H groups in total. The number of ether oxygens (including phenoxy) is 1. The first-order chi connectivity index (χ1) is 4.74. The zero-order valence-corrected chi connectivity index (χ0v) is 5.60. The van der Waals surface area contributed by atoms with Gasteiger partial charge in [-0.05, 0) is 0 Å². The molecule has 4 nitrogen and oxygen atoms in total. The second-order valence-electron chi connectivity index (χ2n) is 2.51. The summed E-state index contributed by atoms with van der Waals surface area (Å²) in [7, 11) is 0. The predicted octanol–water partition coefficient (Wildman–Crippen LogP) is -1.51. The van der Waals surface area contributed by atoms with Crippen LogP contribution in [0.2, 0.25) is 0 Å². The molecule has 60 valence electrons. The van der Waals surface area contributed by atoms with E-state index in [0.717, 1.165) is 0 Å². The third-order valence-corrected chi connectivity index (χ3v) is 1.63. The maximum absolute atomic E-state index is 9.09. The molecule has 0 aliphatic carbocycles. The molecule has 0 bridgehead atoms. The molecule has 0 amide bonds. The van der Waals surface area contributed by atoms with Crippen molar-refractivity contribution < 1.29 is 20.1 Å². The van der Waals surface area contributed by atoms with Gasteiger partial charge in [0.05, 0.1) is 25.4 Å². The Bertz CT molecular complexity index is 106. The Balaban J connectivity index is 2.36. The van der Waals surface area contributed by atoms with Crippen molar-refractivity contribution >= 4 is 0 Å². The summed E-state index contributed by atoms with van der Waals surface area (Å²) in [6.07, 6.45) is -1.53. The zero-order chi connectivity index (χ0) is 7.56. The van der Waals surface area contributed by atoms with Gasteiger partial charge in [0.2, 0.25) is 0 Å². The van der Waals surface area contributed by atoms with Gasteiger partial charge in [-0.2, -0.15) is 0 Å². The molecule has 0 aromatic carbocycles. The summed E-state index contributed by atoms with van der Waals surface area (Å²) < 4.78 is 4.90. The normalized spacial score (nSPS) is 41.7. The second-order valence-corrected chi connectivity index (χ2v) is 2.51. The maximum atomic E-state index is 9.09. The largest absolute Gasteiger partial charge is 0.394 e. The molecular weight excluding hydrogens is 136 g/mol. The van der Waals surface area contributed by atoms with Crippen LogP contribution in [0.15, 0.2) is 0 Å². The van der Waals surface area contributed by atoms with Crippen molar-refractivity contribution in [2.24, 2.45) is 0 Å². The second kappa shape index (κ2) is 3.30. The third-order valence-electron chi connectivity index (χ3n) is 1.63. The van der Waals surface area contributed by atoms with Crippen LogP contribution in [0.1, 0.15) is 6.42 Å². The highest BCUT2D eigenvalue weighted by Gasteiger charge is 2.27. The minimum absolute atomic E-state index is 0.187. The lowest BCUT2D eigenvalue weighted by molar-refractivity contribution is -0.136. The van der Waals surface area contributed by atoms with E-state index in [2.05, 4.69) is 0 Å². The molecule has 1 unspecified atom stereocenters. The van der Waals surface area contributed by atoms with Crippen molar-refractivity contribution in [1.29, 1.82) is 0 Å². The van der Waals surface area contributed by atoms with Crippen LogP contribution in [0.25, 0.3) is 0 Å². The van der Waals surface area contributed by atoms with Crippen molar-refractivity contribution in [3.8, 4) is 0 Å². The van der Waals surface area contributed by atoms with Gasteiger partial charge in [0.25, 0.3) is 0 Å². The average Bonchev–Trinajstić information content (AvgIpc) is 1.88. The summed E-state index contributed by atoms with van der Waals surface area (Å²) in [6, 6.07) is 0. The summed E-state index contributed by atoms with van der Waals surface area (Å²) in [4.78, 5) is 0. The Morgan fingerprint density at radius 2 is 2.10 bits per heavy atom. The Morgan fingerprint density at radius 1 is 1.40 bits per heavy atom. The first-order valence-corrected chi connectivity index (χ1v) is 3.32. The average molecular weight is 148 g/mol. The Morgan fingerprint density at radius 3 is 2.60 bits per heavy atom. The van der Waals surface area contributed by atoms with E-state index in [-0.39, 0.29) is 13.2 Å². The van der Waals surface area contributed by atoms with E-state index in [9.17, 15) is 0 Å². The van der Waals surface area contributed by atoms with Gasteiger partial charge >= 0.3 is 0 Å². The fraction of sp³-hybridized carbons (Fsp3) is 1.00. The highest BCUT2D eigenvalue weighted by molar-refractivity contribution is 4.76. The predicted molar refractivity (Wildman–Crippen MR) is 33.5 cm³/mol. The van der Waals surface area contributed by atoms with Gasteiger partial charge in [0, 0.05) is 6.42 Å². The lowest BCUT2D eigenvalue weighted by Crippen LogP contribution is -2.42. The van der Waals surface area contributed by atoms with Crippen LogP contribution >= 0.6 is 0 Å². The van der Waals surface area contributed by atoms with Crippen molar-refractivity contribution in [3.05, 3.63) is 0 Å². The molecule has 1 fully saturated rings. The zero-order valence-electron chi connectivity index (χ0n) is 5.60. The lowest BCUT2D eigenvalue weighted by Gasteiger charge is -2.29. The highest BCUT2D eigenvalue weighted by atomic mass is 16.5. The summed E-state index contributed by atoms with van der Waals surface area (Å²) in [5.74, 6) is 0. The molecule has 3 atom stereocenters. The Labute approximate surface area is 59.1 Å². The first-order valence-electron chi connectivity index (χ1n) is 3.32. The quantitative estimate of drug-likeness (QED) is 0.423. The van der Waals surface area contributed by atoms with E-state index in [0.29, 0.717) is 6.42 Å². The van der Waals surface area contributed by atoms with E-state index in [4.69, 9.17) is 20.1 Å². The van der Waals surface area contributed by atoms with Crippen molar-refractivity contribution in [1.82, 2.24) is 0 Å². The molecule has 1 aliphatic heterocycles. The van der Waals surface area contributed by atoms with Crippen molar-refractivity contribution in [2.75, 3.05) is 13.2 Å². The molecule has 1 heterocycles. The molecule has 0 aromatic rings. The number of rotatable bonds is 1. The topological polar surface area (TPSA) is 69.9 Å². The molecule has 4 heteroatoms. The SMILES string of the molecule is OC[C@H]1OCC(O)C[C@@H]1O. The van der Waals surface area contributed by atoms with Crippen LogP contribution in [0.3, 0.4) is 0 Å². The Hall–Kier alpha value is -0.160. The van der Waals surface area contributed by atoms with Gasteiger partial charge in [-0.25, -0.2) is 0 Å². The van der Waals surface area contributed by atoms with Gasteiger partial charge in [-0.3, -0.25) is 0 Å². The lowest BCUT2D eigenvalue weighted by atomic mass is 10.0. The third kappa shape index (κ3) is 1.67. The highest BCUT2D eigenvalue weighted by Crippen LogP contribution is 2.13. The van der Waals surface area contributed by atoms with E-state index in [1.807, 2.05) is 0 Å². The van der Waals surface area contributed by atoms with E-state index < -0.39 is 18.3 Å². The molecule has 0 radical (unpaired) electrons. The maximum Gasteiger partial charge on any atom is 0.107 e. The monoisotopic (exact) mass is 148 g/mol. The minimum Gasteiger partial charge on any atom is -0.394 e.